The monoisotopic (exact) mass is 413 g/mol. The summed E-state index contributed by atoms with van der Waals surface area (Å²) in [6.07, 6.45) is 10.6. The Labute approximate surface area is 172 Å². The molecule has 0 unspecified atom stereocenters. The minimum atomic E-state index is -3.45. The quantitative estimate of drug-likeness (QED) is 0.681. The van der Waals surface area contributed by atoms with Gasteiger partial charge in [-0.15, -0.1) is 0 Å². The van der Waals surface area contributed by atoms with Gasteiger partial charge in [0, 0.05) is 45.2 Å². The van der Waals surface area contributed by atoms with Gasteiger partial charge in [-0.25, -0.2) is 8.42 Å². The molecule has 1 aliphatic heterocycles. The largest absolute Gasteiger partial charge is 0.338 e. The first kappa shape index (κ1) is 21.2. The molecule has 154 valence electrons. The van der Waals surface area contributed by atoms with Gasteiger partial charge in [-0.2, -0.15) is 4.31 Å². The summed E-state index contributed by atoms with van der Waals surface area (Å²) < 4.78 is 27.2. The number of likely N-dealkylation sites (N-methyl/N-ethyl adjacent to an activating group) is 1. The van der Waals surface area contributed by atoms with Crippen LogP contribution in [0.25, 0.3) is 6.08 Å². The molecular formula is C22H27N3O3S. The predicted octanol–water partition coefficient (Wildman–Crippen LogP) is 3.32. The highest BCUT2D eigenvalue weighted by Gasteiger charge is 2.24. The summed E-state index contributed by atoms with van der Waals surface area (Å²) in [6, 6.07) is 10.5. The second kappa shape index (κ2) is 9.80. The fraction of sp³-hybridized carbons (Fsp3) is 0.364. The van der Waals surface area contributed by atoms with Gasteiger partial charge in [-0.3, -0.25) is 9.78 Å². The van der Waals surface area contributed by atoms with E-state index in [1.165, 1.54) is 6.08 Å². The molecule has 29 heavy (non-hydrogen) atoms. The molecule has 1 aliphatic rings. The Hall–Kier alpha value is -2.51. The lowest BCUT2D eigenvalue weighted by atomic mass is 10.2. The van der Waals surface area contributed by atoms with E-state index in [0.29, 0.717) is 24.5 Å². The first-order valence-electron chi connectivity index (χ1n) is 9.89. The van der Waals surface area contributed by atoms with E-state index >= 15 is 0 Å². The zero-order valence-corrected chi connectivity index (χ0v) is 17.5. The zero-order valence-electron chi connectivity index (χ0n) is 16.7. The molecular weight excluding hydrogens is 386 g/mol. The average Bonchev–Trinajstić information content (AvgIpc) is 3.03. The lowest BCUT2D eigenvalue weighted by molar-refractivity contribution is -0.125. The van der Waals surface area contributed by atoms with Gasteiger partial charge >= 0.3 is 0 Å². The van der Waals surface area contributed by atoms with Crippen molar-refractivity contribution < 1.29 is 13.2 Å². The van der Waals surface area contributed by atoms with E-state index in [4.69, 9.17) is 0 Å². The van der Waals surface area contributed by atoms with Crippen molar-refractivity contribution in [3.05, 3.63) is 66.0 Å². The third-order valence-electron chi connectivity index (χ3n) is 5.02. The maximum absolute atomic E-state index is 12.8. The Balaban J connectivity index is 1.63. The van der Waals surface area contributed by atoms with E-state index in [1.807, 2.05) is 12.1 Å². The van der Waals surface area contributed by atoms with Crippen molar-refractivity contribution in [1.29, 1.82) is 0 Å². The fourth-order valence-corrected chi connectivity index (χ4v) is 4.84. The van der Waals surface area contributed by atoms with E-state index in [1.54, 1.807) is 59.0 Å². The number of hydrogen-bond acceptors (Lipinski definition) is 4. The molecule has 0 saturated carbocycles. The topological polar surface area (TPSA) is 70.6 Å². The van der Waals surface area contributed by atoms with Crippen LogP contribution in [0.5, 0.6) is 0 Å². The molecule has 0 N–H and O–H groups in total. The summed E-state index contributed by atoms with van der Waals surface area (Å²) >= 11 is 0. The Morgan fingerprint density at radius 3 is 2.41 bits per heavy atom. The van der Waals surface area contributed by atoms with Crippen molar-refractivity contribution in [2.45, 2.75) is 37.1 Å². The Kier molecular flexibility index (Phi) is 7.17. The van der Waals surface area contributed by atoms with Crippen molar-refractivity contribution in [3.63, 3.8) is 0 Å². The number of pyridine rings is 1. The van der Waals surface area contributed by atoms with E-state index in [-0.39, 0.29) is 5.91 Å². The molecule has 1 aromatic heterocycles. The van der Waals surface area contributed by atoms with Crippen LogP contribution >= 0.6 is 0 Å². The van der Waals surface area contributed by atoms with Crippen molar-refractivity contribution in [1.82, 2.24) is 14.2 Å². The molecule has 1 aromatic carbocycles. The second-order valence-electron chi connectivity index (χ2n) is 7.28. The van der Waals surface area contributed by atoms with Gasteiger partial charge in [0.05, 0.1) is 4.90 Å². The number of benzene rings is 1. The number of nitrogens with zero attached hydrogens (tertiary/aromatic N) is 3. The first-order valence-corrected chi connectivity index (χ1v) is 11.3. The van der Waals surface area contributed by atoms with Crippen LogP contribution < -0.4 is 0 Å². The molecule has 3 rings (SSSR count). The molecule has 2 heterocycles. The van der Waals surface area contributed by atoms with Crippen LogP contribution in [-0.4, -0.2) is 48.7 Å². The Bertz CT molecular complexity index is 933. The third-order valence-corrected chi connectivity index (χ3v) is 6.93. The maximum atomic E-state index is 12.8. The SMILES string of the molecule is CN(Cc1cccnc1)C(=O)/C=C/c1ccc(S(=O)(=O)N2CCCCCC2)cc1. The summed E-state index contributed by atoms with van der Waals surface area (Å²) in [5.41, 5.74) is 1.74. The molecule has 6 nitrogen and oxygen atoms in total. The molecule has 0 bridgehead atoms. The van der Waals surface area contributed by atoms with Crippen LogP contribution in [-0.2, 0) is 21.4 Å². The van der Waals surface area contributed by atoms with Crippen molar-refractivity contribution >= 4 is 22.0 Å². The summed E-state index contributed by atoms with van der Waals surface area (Å²) in [6.45, 7) is 1.65. The molecule has 1 amide bonds. The van der Waals surface area contributed by atoms with Crippen molar-refractivity contribution in [2.75, 3.05) is 20.1 Å². The summed E-state index contributed by atoms with van der Waals surface area (Å²) in [7, 11) is -1.72. The Morgan fingerprint density at radius 1 is 1.10 bits per heavy atom. The molecule has 1 saturated heterocycles. The lowest BCUT2D eigenvalue weighted by Gasteiger charge is -2.19. The number of rotatable bonds is 6. The van der Waals surface area contributed by atoms with E-state index in [2.05, 4.69) is 4.98 Å². The molecule has 7 heteroatoms. The van der Waals surface area contributed by atoms with Crippen molar-refractivity contribution in [2.24, 2.45) is 0 Å². The van der Waals surface area contributed by atoms with Crippen molar-refractivity contribution in [3.8, 4) is 0 Å². The molecule has 1 fully saturated rings. The van der Waals surface area contributed by atoms with E-state index in [0.717, 1.165) is 36.8 Å². The highest BCUT2D eigenvalue weighted by molar-refractivity contribution is 7.89. The van der Waals surface area contributed by atoms with Gasteiger partial charge in [-0.1, -0.05) is 31.0 Å². The number of carbonyl (C=O) groups is 1. The summed E-state index contributed by atoms with van der Waals surface area (Å²) in [5, 5.41) is 0. The number of sulfonamides is 1. The predicted molar refractivity (Wildman–Crippen MR) is 113 cm³/mol. The van der Waals surface area contributed by atoms with Crippen LogP contribution in [0.15, 0.2) is 59.8 Å². The van der Waals surface area contributed by atoms with Gasteiger partial charge in [0.1, 0.15) is 0 Å². The normalized spacial score (nSPS) is 15.9. The van der Waals surface area contributed by atoms with Gasteiger partial charge < -0.3 is 4.90 Å². The van der Waals surface area contributed by atoms with Crippen LogP contribution in [0.3, 0.4) is 0 Å². The molecule has 0 radical (unpaired) electrons. The van der Waals surface area contributed by atoms with Gasteiger partial charge in [0.25, 0.3) is 0 Å². The lowest BCUT2D eigenvalue weighted by Crippen LogP contribution is -2.31. The minimum Gasteiger partial charge on any atom is -0.338 e. The average molecular weight is 414 g/mol. The van der Waals surface area contributed by atoms with Crippen LogP contribution in [0.1, 0.15) is 36.8 Å². The van der Waals surface area contributed by atoms with Crippen LogP contribution in [0.4, 0.5) is 0 Å². The summed E-state index contributed by atoms with van der Waals surface area (Å²) in [5.74, 6) is -0.130. The van der Waals surface area contributed by atoms with E-state index in [9.17, 15) is 13.2 Å². The maximum Gasteiger partial charge on any atom is 0.246 e. The Morgan fingerprint density at radius 2 is 1.79 bits per heavy atom. The van der Waals surface area contributed by atoms with Crippen LogP contribution in [0, 0.1) is 0 Å². The molecule has 0 aliphatic carbocycles. The molecule has 2 aromatic rings. The fourth-order valence-electron chi connectivity index (χ4n) is 3.32. The third kappa shape index (κ3) is 5.74. The highest BCUT2D eigenvalue weighted by Crippen LogP contribution is 2.21. The second-order valence-corrected chi connectivity index (χ2v) is 9.21. The smallest absolute Gasteiger partial charge is 0.246 e. The number of amides is 1. The molecule has 0 spiro atoms. The van der Waals surface area contributed by atoms with Gasteiger partial charge in [-0.05, 0) is 48.2 Å². The number of aromatic nitrogens is 1. The standard InChI is InChI=1S/C22H27N3O3S/c1-24(18-20-7-6-14-23-17-20)22(26)13-10-19-8-11-21(12-9-19)29(27,28)25-15-4-2-3-5-16-25/h6-14,17H,2-5,15-16,18H2,1H3/b13-10+. The van der Waals surface area contributed by atoms with E-state index < -0.39 is 10.0 Å². The summed E-state index contributed by atoms with van der Waals surface area (Å²) in [4.78, 5) is 18.3. The van der Waals surface area contributed by atoms with Gasteiger partial charge in [0.2, 0.25) is 15.9 Å². The number of hydrogen-bond donors (Lipinski definition) is 0. The molecule has 0 atom stereocenters. The highest BCUT2D eigenvalue weighted by atomic mass is 32.2. The number of carbonyl (C=O) groups excluding carboxylic acids is 1. The minimum absolute atomic E-state index is 0.130. The first-order chi connectivity index (χ1) is 14.0. The van der Waals surface area contributed by atoms with Crippen LogP contribution in [0.2, 0.25) is 0 Å². The van der Waals surface area contributed by atoms with Gasteiger partial charge in [0.15, 0.2) is 0 Å². The zero-order chi connectivity index (χ0) is 20.7.